The highest BCUT2D eigenvalue weighted by atomic mass is 127. The second kappa shape index (κ2) is 6.35. The largest absolute Gasteiger partial charge is 0.271 e. The van der Waals surface area contributed by atoms with Gasteiger partial charge in [-0.25, -0.2) is 0 Å². The van der Waals surface area contributed by atoms with Crippen LogP contribution >= 0.6 is 22.6 Å². The molecule has 2 nitrogen and oxygen atoms in total. The highest BCUT2D eigenvalue weighted by Crippen LogP contribution is 2.40. The van der Waals surface area contributed by atoms with Gasteiger partial charge < -0.3 is 0 Å². The van der Waals surface area contributed by atoms with Gasteiger partial charge in [0.05, 0.1) is 0 Å². The predicted octanol–water partition coefficient (Wildman–Crippen LogP) is 3.87. The molecule has 3 atom stereocenters. The van der Waals surface area contributed by atoms with Crippen LogP contribution in [0.25, 0.3) is 0 Å². The third-order valence-electron chi connectivity index (χ3n) is 4.11. The molecule has 0 heterocycles. The van der Waals surface area contributed by atoms with Crippen molar-refractivity contribution in [3.8, 4) is 0 Å². The van der Waals surface area contributed by atoms with E-state index in [1.807, 2.05) is 0 Å². The lowest BCUT2D eigenvalue weighted by atomic mass is 9.72. The molecule has 1 aliphatic carbocycles. The van der Waals surface area contributed by atoms with Crippen molar-refractivity contribution in [3.63, 3.8) is 0 Å². The van der Waals surface area contributed by atoms with Gasteiger partial charge in [-0.2, -0.15) is 0 Å². The van der Waals surface area contributed by atoms with E-state index >= 15 is 0 Å². The van der Waals surface area contributed by atoms with Crippen molar-refractivity contribution in [2.45, 2.75) is 39.2 Å². The van der Waals surface area contributed by atoms with Crippen molar-refractivity contribution in [2.75, 3.05) is 0 Å². The van der Waals surface area contributed by atoms with Gasteiger partial charge in [0.25, 0.3) is 0 Å². The highest BCUT2D eigenvalue weighted by molar-refractivity contribution is 14.1. The molecule has 1 aliphatic rings. The van der Waals surface area contributed by atoms with Crippen LogP contribution in [0.15, 0.2) is 24.3 Å². The van der Waals surface area contributed by atoms with Crippen LogP contribution in [0, 0.1) is 21.3 Å². The Kier molecular flexibility index (Phi) is 5.04. The summed E-state index contributed by atoms with van der Waals surface area (Å²) in [5.74, 6) is 8.13. The number of rotatable bonds is 3. The number of hydrazine groups is 1. The summed E-state index contributed by atoms with van der Waals surface area (Å²) in [6, 6.07) is 8.86. The molecule has 3 unspecified atom stereocenters. The molecule has 1 saturated carbocycles. The van der Waals surface area contributed by atoms with Crippen LogP contribution < -0.4 is 11.3 Å². The molecule has 1 fully saturated rings. The monoisotopic (exact) mass is 358 g/mol. The van der Waals surface area contributed by atoms with E-state index in [0.29, 0.717) is 12.0 Å². The van der Waals surface area contributed by atoms with Crippen molar-refractivity contribution < 1.29 is 0 Å². The van der Waals surface area contributed by atoms with Gasteiger partial charge in [0.1, 0.15) is 0 Å². The van der Waals surface area contributed by atoms with E-state index in [1.54, 1.807) is 0 Å². The van der Waals surface area contributed by atoms with E-state index in [4.69, 9.17) is 5.84 Å². The Morgan fingerprint density at radius 2 is 1.78 bits per heavy atom. The number of nitrogens with one attached hydrogen (secondary N) is 1. The molecule has 100 valence electrons. The van der Waals surface area contributed by atoms with Gasteiger partial charge in [0.2, 0.25) is 0 Å². The van der Waals surface area contributed by atoms with Gasteiger partial charge in [-0.15, -0.1) is 0 Å². The zero-order valence-electron chi connectivity index (χ0n) is 11.2. The maximum atomic E-state index is 5.84. The average molecular weight is 358 g/mol. The molecule has 0 amide bonds. The maximum Gasteiger partial charge on any atom is 0.0498 e. The Balaban J connectivity index is 2.20. The first-order valence-electron chi connectivity index (χ1n) is 6.82. The molecule has 0 bridgehead atoms. The van der Waals surface area contributed by atoms with E-state index in [2.05, 4.69) is 66.1 Å². The van der Waals surface area contributed by atoms with Crippen LogP contribution in [0.2, 0.25) is 0 Å². The van der Waals surface area contributed by atoms with Gasteiger partial charge >= 0.3 is 0 Å². The Morgan fingerprint density at radius 3 is 2.33 bits per heavy atom. The first-order chi connectivity index (χ1) is 8.61. The molecule has 0 saturated heterocycles. The SMILES string of the molecule is CC1CC(C)CC(C(NN)c2ccccc2I)C1. The summed E-state index contributed by atoms with van der Waals surface area (Å²) < 4.78 is 1.31. The third-order valence-corrected chi connectivity index (χ3v) is 5.09. The van der Waals surface area contributed by atoms with Crippen molar-refractivity contribution in [1.29, 1.82) is 0 Å². The molecule has 3 heteroatoms. The van der Waals surface area contributed by atoms with E-state index in [9.17, 15) is 0 Å². The molecule has 2 rings (SSSR count). The van der Waals surface area contributed by atoms with Gasteiger partial charge in [0.15, 0.2) is 0 Å². The lowest BCUT2D eigenvalue weighted by Gasteiger charge is -2.36. The Bertz CT molecular complexity index is 384. The standard InChI is InChI=1S/C15H23IN2/c1-10-7-11(2)9-12(8-10)15(18-17)13-5-3-4-6-14(13)16/h3-6,10-12,15,18H,7-9,17H2,1-2H3. The van der Waals surface area contributed by atoms with E-state index in [-0.39, 0.29) is 0 Å². The number of halogens is 1. The zero-order chi connectivity index (χ0) is 13.1. The van der Waals surface area contributed by atoms with Gasteiger partial charge in [-0.3, -0.25) is 11.3 Å². The fraction of sp³-hybridized carbons (Fsp3) is 0.600. The summed E-state index contributed by atoms with van der Waals surface area (Å²) in [4.78, 5) is 0. The minimum atomic E-state index is 0.295. The first-order valence-corrected chi connectivity index (χ1v) is 7.90. The second-order valence-corrected chi connectivity index (χ2v) is 7.01. The van der Waals surface area contributed by atoms with Crippen molar-refractivity contribution in [3.05, 3.63) is 33.4 Å². The number of hydrogen-bond acceptors (Lipinski definition) is 2. The van der Waals surface area contributed by atoms with E-state index < -0.39 is 0 Å². The molecule has 0 spiro atoms. The fourth-order valence-corrected chi connectivity index (χ4v) is 4.21. The van der Waals surface area contributed by atoms with E-state index in [0.717, 1.165) is 11.8 Å². The van der Waals surface area contributed by atoms with Crippen LogP contribution in [-0.4, -0.2) is 0 Å². The predicted molar refractivity (Wildman–Crippen MR) is 84.9 cm³/mol. The van der Waals surface area contributed by atoms with Crippen LogP contribution in [-0.2, 0) is 0 Å². The molecule has 0 radical (unpaired) electrons. The minimum absolute atomic E-state index is 0.295. The molecule has 18 heavy (non-hydrogen) atoms. The second-order valence-electron chi connectivity index (χ2n) is 5.84. The summed E-state index contributed by atoms with van der Waals surface area (Å²) in [6.07, 6.45) is 3.92. The minimum Gasteiger partial charge on any atom is -0.271 e. The first kappa shape index (κ1) is 14.3. The Labute approximate surface area is 124 Å². The van der Waals surface area contributed by atoms with Gasteiger partial charge in [0, 0.05) is 9.61 Å². The summed E-state index contributed by atoms with van der Waals surface area (Å²) in [5, 5.41) is 0. The fourth-order valence-electron chi connectivity index (χ4n) is 3.49. The van der Waals surface area contributed by atoms with Crippen LogP contribution in [0.5, 0.6) is 0 Å². The summed E-state index contributed by atoms with van der Waals surface area (Å²) >= 11 is 2.41. The zero-order valence-corrected chi connectivity index (χ0v) is 13.4. The smallest absolute Gasteiger partial charge is 0.0498 e. The van der Waals surface area contributed by atoms with Gasteiger partial charge in [-0.05, 0) is 71.2 Å². The normalized spacial score (nSPS) is 30.1. The topological polar surface area (TPSA) is 38.0 Å². The van der Waals surface area contributed by atoms with Crippen molar-refractivity contribution in [2.24, 2.45) is 23.6 Å². The third kappa shape index (κ3) is 3.25. The Hall–Kier alpha value is -0.130. The lowest BCUT2D eigenvalue weighted by molar-refractivity contribution is 0.176. The molecule has 1 aromatic rings. The maximum absolute atomic E-state index is 5.84. The van der Waals surface area contributed by atoms with Crippen LogP contribution in [0.3, 0.4) is 0 Å². The van der Waals surface area contributed by atoms with Crippen molar-refractivity contribution in [1.82, 2.24) is 5.43 Å². The quantitative estimate of drug-likeness (QED) is 0.489. The molecule has 0 aliphatic heterocycles. The number of benzene rings is 1. The van der Waals surface area contributed by atoms with Crippen molar-refractivity contribution >= 4 is 22.6 Å². The highest BCUT2D eigenvalue weighted by Gasteiger charge is 2.31. The van der Waals surface area contributed by atoms with E-state index in [1.165, 1.54) is 28.4 Å². The number of hydrogen-bond donors (Lipinski definition) is 2. The molecule has 0 aromatic heterocycles. The number of nitrogens with two attached hydrogens (primary N) is 1. The average Bonchev–Trinajstić information content (AvgIpc) is 2.31. The van der Waals surface area contributed by atoms with Gasteiger partial charge in [-0.1, -0.05) is 32.0 Å². The Morgan fingerprint density at radius 1 is 1.17 bits per heavy atom. The lowest BCUT2D eigenvalue weighted by Crippen LogP contribution is -2.37. The van der Waals surface area contributed by atoms with Crippen LogP contribution in [0.4, 0.5) is 0 Å². The summed E-state index contributed by atoms with van der Waals surface area (Å²) in [6.45, 7) is 4.73. The molecule has 3 N–H and O–H groups in total. The summed E-state index contributed by atoms with van der Waals surface area (Å²) in [5.41, 5.74) is 4.42. The summed E-state index contributed by atoms with van der Waals surface area (Å²) in [7, 11) is 0. The molecular formula is C15H23IN2. The molecular weight excluding hydrogens is 335 g/mol. The van der Waals surface area contributed by atoms with Crippen LogP contribution in [0.1, 0.15) is 44.7 Å². The molecule has 1 aromatic carbocycles.